The second kappa shape index (κ2) is 10.6. The van der Waals surface area contributed by atoms with Crippen molar-refractivity contribution in [1.29, 1.82) is 0 Å². The van der Waals surface area contributed by atoms with Gasteiger partial charge in [0.2, 0.25) is 11.8 Å². The van der Waals surface area contributed by atoms with Crippen LogP contribution < -0.4 is 0 Å². The Morgan fingerprint density at radius 1 is 0.721 bits per heavy atom. The normalized spacial score (nSPS) is 26.3. The first-order valence-electron chi connectivity index (χ1n) is 16.0. The Morgan fingerprint density at radius 2 is 1.35 bits per heavy atom. The molecule has 2 aromatic heterocycles. The second-order valence-electron chi connectivity index (χ2n) is 13.8. The topological polar surface area (TPSA) is 71.3 Å². The minimum atomic E-state index is 0.0571. The molecule has 1 saturated heterocycles. The number of hydrogen-bond donors (Lipinski definition) is 0. The van der Waals surface area contributed by atoms with Crippen LogP contribution in [0, 0.1) is 23.2 Å². The SMILES string of the molecule is O=C(Cn1cc(-c2ccc(-c3cncc4ccccc34)cc2)cn1)N1CCN(C(=O)CC23CC4CC(CC(C4)C2)C3)CC1. The quantitative estimate of drug-likeness (QED) is 0.282. The predicted octanol–water partition coefficient (Wildman–Crippen LogP) is 6.04. The molecular formula is C36H39N5O2. The van der Waals surface area contributed by atoms with Crippen LogP contribution in [0.15, 0.2) is 73.3 Å². The van der Waals surface area contributed by atoms with Crippen LogP contribution in [0.2, 0.25) is 0 Å². The number of pyridine rings is 1. The van der Waals surface area contributed by atoms with Gasteiger partial charge in [-0.15, -0.1) is 0 Å². The molecule has 0 N–H and O–H groups in total. The summed E-state index contributed by atoms with van der Waals surface area (Å²) in [4.78, 5) is 34.8. The predicted molar refractivity (Wildman–Crippen MR) is 167 cm³/mol. The Morgan fingerprint density at radius 3 is 2.05 bits per heavy atom. The Balaban J connectivity index is 0.862. The van der Waals surface area contributed by atoms with Gasteiger partial charge in [-0.25, -0.2) is 0 Å². The van der Waals surface area contributed by atoms with E-state index in [1.165, 1.54) is 43.9 Å². The van der Waals surface area contributed by atoms with Gasteiger partial charge in [0.1, 0.15) is 6.54 Å². The lowest BCUT2D eigenvalue weighted by atomic mass is 9.49. The lowest BCUT2D eigenvalue weighted by Crippen LogP contribution is -2.53. The van der Waals surface area contributed by atoms with E-state index >= 15 is 0 Å². The molecule has 1 aliphatic heterocycles. The maximum absolute atomic E-state index is 13.4. The van der Waals surface area contributed by atoms with Crippen molar-refractivity contribution in [2.45, 2.75) is 51.5 Å². The fourth-order valence-electron chi connectivity index (χ4n) is 9.17. The number of amides is 2. The van der Waals surface area contributed by atoms with E-state index in [1.807, 2.05) is 40.7 Å². The third-order valence-electron chi connectivity index (χ3n) is 10.8. The molecule has 2 amide bonds. The van der Waals surface area contributed by atoms with Crippen molar-refractivity contribution in [3.63, 3.8) is 0 Å². The molecule has 7 nitrogen and oxygen atoms in total. The summed E-state index contributed by atoms with van der Waals surface area (Å²) in [7, 11) is 0. The molecule has 0 unspecified atom stereocenters. The minimum absolute atomic E-state index is 0.0571. The maximum atomic E-state index is 13.4. The highest BCUT2D eigenvalue weighted by molar-refractivity contribution is 5.95. The van der Waals surface area contributed by atoms with Gasteiger partial charge in [0.05, 0.1) is 6.20 Å². The number of fused-ring (bicyclic) bond motifs is 1. The molecule has 5 fully saturated rings. The summed E-state index contributed by atoms with van der Waals surface area (Å²) >= 11 is 0. The Hall–Kier alpha value is -4.00. The van der Waals surface area contributed by atoms with Gasteiger partial charge in [0, 0.05) is 67.7 Å². The zero-order valence-corrected chi connectivity index (χ0v) is 24.7. The van der Waals surface area contributed by atoms with E-state index in [9.17, 15) is 9.59 Å². The Labute approximate surface area is 252 Å². The number of nitrogens with zero attached hydrogens (tertiary/aromatic N) is 5. The van der Waals surface area contributed by atoms with Crippen LogP contribution in [0.4, 0.5) is 0 Å². The van der Waals surface area contributed by atoms with Gasteiger partial charge in [-0.05, 0) is 78.2 Å². The number of aromatic nitrogens is 3. The van der Waals surface area contributed by atoms with Gasteiger partial charge in [-0.2, -0.15) is 5.10 Å². The van der Waals surface area contributed by atoms with Crippen molar-refractivity contribution in [2.75, 3.05) is 26.2 Å². The van der Waals surface area contributed by atoms with Crippen LogP contribution >= 0.6 is 0 Å². The highest BCUT2D eigenvalue weighted by Crippen LogP contribution is 2.61. The van der Waals surface area contributed by atoms with Gasteiger partial charge in [-0.1, -0.05) is 48.5 Å². The monoisotopic (exact) mass is 573 g/mol. The van der Waals surface area contributed by atoms with Crippen molar-refractivity contribution in [3.8, 4) is 22.3 Å². The average molecular weight is 574 g/mol. The van der Waals surface area contributed by atoms with Gasteiger partial charge >= 0.3 is 0 Å². The molecule has 0 atom stereocenters. The van der Waals surface area contributed by atoms with E-state index in [-0.39, 0.29) is 17.9 Å². The number of carbonyl (C=O) groups excluding carboxylic acids is 2. The van der Waals surface area contributed by atoms with E-state index in [4.69, 9.17) is 0 Å². The van der Waals surface area contributed by atoms with Crippen molar-refractivity contribution in [2.24, 2.45) is 23.2 Å². The van der Waals surface area contributed by atoms with Gasteiger partial charge < -0.3 is 9.80 Å². The molecule has 0 spiro atoms. The van der Waals surface area contributed by atoms with Gasteiger partial charge in [-0.3, -0.25) is 19.3 Å². The second-order valence-corrected chi connectivity index (χ2v) is 13.8. The lowest BCUT2D eigenvalue weighted by molar-refractivity contribution is -0.145. The van der Waals surface area contributed by atoms with Crippen LogP contribution in [0.25, 0.3) is 33.0 Å². The fraction of sp³-hybridized carbons (Fsp3) is 0.444. The van der Waals surface area contributed by atoms with Crippen LogP contribution in [-0.4, -0.2) is 62.6 Å². The summed E-state index contributed by atoms with van der Waals surface area (Å²) in [6.07, 6.45) is 16.3. The van der Waals surface area contributed by atoms with Crippen molar-refractivity contribution >= 4 is 22.6 Å². The molecule has 2 aromatic carbocycles. The molecule has 4 bridgehead atoms. The van der Waals surface area contributed by atoms with Crippen LogP contribution in [0.3, 0.4) is 0 Å². The van der Waals surface area contributed by atoms with E-state index in [0.29, 0.717) is 32.1 Å². The molecule has 9 rings (SSSR count). The van der Waals surface area contributed by atoms with Gasteiger partial charge in [0.25, 0.3) is 0 Å². The molecule has 4 aliphatic carbocycles. The Bertz CT molecular complexity index is 1630. The van der Waals surface area contributed by atoms with Crippen molar-refractivity contribution < 1.29 is 9.59 Å². The number of piperazine rings is 1. The molecule has 3 heterocycles. The summed E-state index contributed by atoms with van der Waals surface area (Å²) in [6.45, 7) is 2.69. The van der Waals surface area contributed by atoms with Crippen LogP contribution in [0.5, 0.6) is 0 Å². The molecule has 7 heteroatoms. The smallest absolute Gasteiger partial charge is 0.244 e. The third kappa shape index (κ3) is 5.13. The molecule has 43 heavy (non-hydrogen) atoms. The minimum Gasteiger partial charge on any atom is -0.339 e. The van der Waals surface area contributed by atoms with Gasteiger partial charge in [0.15, 0.2) is 0 Å². The first-order chi connectivity index (χ1) is 21.0. The zero-order chi connectivity index (χ0) is 29.0. The maximum Gasteiger partial charge on any atom is 0.244 e. The molecular weight excluding hydrogens is 534 g/mol. The number of benzene rings is 2. The van der Waals surface area contributed by atoms with E-state index in [0.717, 1.165) is 51.8 Å². The van der Waals surface area contributed by atoms with E-state index in [2.05, 4.69) is 52.5 Å². The van der Waals surface area contributed by atoms with E-state index < -0.39 is 0 Å². The summed E-state index contributed by atoms with van der Waals surface area (Å²) < 4.78 is 1.73. The summed E-state index contributed by atoms with van der Waals surface area (Å²) in [6, 6.07) is 16.7. The molecule has 4 aromatic rings. The molecule has 0 radical (unpaired) electrons. The number of hydrogen-bond acceptors (Lipinski definition) is 4. The molecule has 220 valence electrons. The Kier molecular flexibility index (Phi) is 6.57. The van der Waals surface area contributed by atoms with Crippen molar-refractivity contribution in [3.05, 3.63) is 73.3 Å². The van der Waals surface area contributed by atoms with Crippen LogP contribution in [-0.2, 0) is 16.1 Å². The first kappa shape index (κ1) is 26.6. The summed E-state index contributed by atoms with van der Waals surface area (Å²) in [5, 5.41) is 6.80. The number of rotatable bonds is 6. The summed E-state index contributed by atoms with van der Waals surface area (Å²) in [5.74, 6) is 2.96. The zero-order valence-electron chi connectivity index (χ0n) is 24.7. The lowest BCUT2D eigenvalue weighted by Gasteiger charge is -2.57. The molecule has 5 aliphatic rings. The third-order valence-corrected chi connectivity index (χ3v) is 10.8. The highest BCUT2D eigenvalue weighted by Gasteiger charge is 2.51. The van der Waals surface area contributed by atoms with Crippen molar-refractivity contribution in [1.82, 2.24) is 24.6 Å². The van der Waals surface area contributed by atoms with E-state index in [1.54, 1.807) is 4.68 Å². The largest absolute Gasteiger partial charge is 0.339 e. The fourth-order valence-corrected chi connectivity index (χ4v) is 9.17. The first-order valence-corrected chi connectivity index (χ1v) is 16.0. The van der Waals surface area contributed by atoms with Crippen LogP contribution in [0.1, 0.15) is 44.9 Å². The highest BCUT2D eigenvalue weighted by atomic mass is 16.2. The molecule has 4 saturated carbocycles. The summed E-state index contributed by atoms with van der Waals surface area (Å²) in [5.41, 5.74) is 4.54. The average Bonchev–Trinajstić information content (AvgIpc) is 3.48. The standard InChI is InChI=1S/C36H39N5O2/c42-34(19-36-16-25-13-26(17-36)15-27(14-25)18-36)39-9-11-40(12-10-39)35(43)24-41-23-31(21-38-41)28-5-7-29(8-6-28)33-22-37-20-30-3-1-2-4-32(30)33/h1-8,20-23,25-27H,9-19,24H2. The number of carbonyl (C=O) groups is 2.